The van der Waals surface area contributed by atoms with Gasteiger partial charge >= 0.3 is 0 Å². The number of benzene rings is 1. The van der Waals surface area contributed by atoms with Crippen molar-refractivity contribution < 1.29 is 36.7 Å². The van der Waals surface area contributed by atoms with E-state index in [0.717, 1.165) is 0 Å². The molecule has 0 atom stereocenters. The zero-order valence-corrected chi connectivity index (χ0v) is 8.69. The molecule has 0 N–H and O–H groups in total. The highest BCUT2D eigenvalue weighted by atomic mass is 19.2. The molecule has 1 rings (SSSR count). The molecule has 0 spiro atoms. The summed E-state index contributed by atoms with van der Waals surface area (Å²) in [5, 5.41) is 19.7. The number of rotatable bonds is 2. The Hall–Kier alpha value is -1.61. The molecule has 0 bridgehead atoms. The number of hydrogen-bond donors (Lipinski definition) is 0. The van der Waals surface area contributed by atoms with Gasteiger partial charge in [0.2, 0.25) is 29.1 Å². The van der Waals surface area contributed by atoms with Crippen LogP contribution in [0.3, 0.4) is 0 Å². The highest BCUT2D eigenvalue weighted by Gasteiger charge is 2.26. The van der Waals surface area contributed by atoms with E-state index in [1.165, 1.54) is 0 Å². The van der Waals surface area contributed by atoms with Gasteiger partial charge in [0.05, 0.1) is 0 Å². The van der Waals surface area contributed by atoms with Crippen LogP contribution in [0, 0.1) is 43.9 Å². The molecule has 0 aliphatic carbocycles. The second-order valence-corrected chi connectivity index (χ2v) is 2.31. The molecule has 17 heavy (non-hydrogen) atoms. The van der Waals surface area contributed by atoms with Gasteiger partial charge in [0.15, 0.2) is 5.75 Å². The van der Waals surface area contributed by atoms with Crippen molar-refractivity contribution in [2.75, 3.05) is 0 Å². The van der Waals surface area contributed by atoms with Crippen molar-refractivity contribution in [3.05, 3.63) is 43.9 Å². The maximum atomic E-state index is 12.6. The Balaban J connectivity index is 0. The van der Waals surface area contributed by atoms with Crippen LogP contribution < -0.4 is 14.7 Å². The van der Waals surface area contributed by atoms with Crippen LogP contribution in [0.2, 0.25) is 0 Å². The summed E-state index contributed by atoms with van der Waals surface area (Å²) in [6.07, 6.45) is 0. The van der Waals surface area contributed by atoms with Crippen molar-refractivity contribution in [2.45, 2.75) is 0 Å². The molecular formula is C8H6BF5O3. The predicted octanol–water partition coefficient (Wildman–Crippen LogP) is 0.367. The molecule has 0 fully saturated rings. The third-order valence-electron chi connectivity index (χ3n) is 1.38. The zero-order valence-electron chi connectivity index (χ0n) is 8.69. The Kier molecular flexibility index (Phi) is 6.49. The van der Waals surface area contributed by atoms with Gasteiger partial charge in [-0.25, -0.2) is 13.2 Å². The van der Waals surface area contributed by atoms with Gasteiger partial charge in [-0.15, -0.1) is 0 Å². The van der Waals surface area contributed by atoms with E-state index >= 15 is 0 Å². The minimum absolute atomic E-state index is 0. The summed E-state index contributed by atoms with van der Waals surface area (Å²) in [6.45, 7) is 0. The molecule has 0 unspecified atom stereocenters. The van der Waals surface area contributed by atoms with Gasteiger partial charge in [0.25, 0.3) is 0 Å². The van der Waals surface area contributed by atoms with Crippen molar-refractivity contribution in [3.63, 3.8) is 0 Å². The summed E-state index contributed by atoms with van der Waals surface area (Å²) in [7, 11) is -3.20. The Morgan fingerprint density at radius 2 is 1.00 bits per heavy atom. The molecule has 1 aromatic carbocycles. The molecule has 0 heterocycles. The first-order valence-electron chi connectivity index (χ1n) is 3.36. The second kappa shape index (κ2) is 6.21. The van der Waals surface area contributed by atoms with Crippen molar-refractivity contribution in [3.8, 4) is 5.75 Å². The Labute approximate surface area is 94.6 Å². The standard InChI is InChI=1S/C6BF5O3.2CH3/c8-1-2(9)4(11)6(15-7(13)14)5(12)3(1)10;;/h;2*1H3/q-2;2*+1. The molecule has 9 heteroatoms. The smallest absolute Gasteiger partial charge is 0.205 e. The van der Waals surface area contributed by atoms with Crippen LogP contribution in [-0.4, -0.2) is 7.32 Å². The van der Waals surface area contributed by atoms with Gasteiger partial charge in [-0.3, -0.25) is 0 Å². The maximum Gasteiger partial charge on any atom is 0.205 e. The maximum absolute atomic E-state index is 12.6. The molecule has 0 saturated carbocycles. The van der Waals surface area contributed by atoms with Crippen LogP contribution in [0.15, 0.2) is 0 Å². The van der Waals surface area contributed by atoms with Crippen LogP contribution >= 0.6 is 0 Å². The van der Waals surface area contributed by atoms with Gasteiger partial charge in [0.1, 0.15) is 7.32 Å². The molecule has 0 saturated heterocycles. The van der Waals surface area contributed by atoms with Crippen LogP contribution in [0.25, 0.3) is 0 Å². The van der Waals surface area contributed by atoms with Crippen LogP contribution in [0.4, 0.5) is 22.0 Å². The fourth-order valence-corrected chi connectivity index (χ4v) is 0.784. The molecule has 0 amide bonds. The lowest BCUT2D eigenvalue weighted by Crippen LogP contribution is -2.50. The van der Waals surface area contributed by atoms with E-state index in [1.54, 1.807) is 0 Å². The Morgan fingerprint density at radius 1 is 0.706 bits per heavy atom. The largest absolute Gasteiger partial charge is 0.860 e. The minimum Gasteiger partial charge on any atom is -0.860 e. The normalized spacial score (nSPS) is 9.12. The minimum atomic E-state index is -3.20. The molecule has 3 nitrogen and oxygen atoms in total. The van der Waals surface area contributed by atoms with Gasteiger partial charge in [-0.05, 0) is 0 Å². The quantitative estimate of drug-likeness (QED) is 0.252. The fourth-order valence-electron chi connectivity index (χ4n) is 0.784. The number of halogens is 5. The topological polar surface area (TPSA) is 55.3 Å². The van der Waals surface area contributed by atoms with Crippen LogP contribution in [0.1, 0.15) is 0 Å². The van der Waals surface area contributed by atoms with Crippen molar-refractivity contribution >= 4 is 7.32 Å². The molecule has 0 aromatic heterocycles. The summed E-state index contributed by atoms with van der Waals surface area (Å²) >= 11 is 0. The van der Waals surface area contributed by atoms with Crippen molar-refractivity contribution in [1.29, 1.82) is 0 Å². The molecule has 0 radical (unpaired) electrons. The zero-order chi connectivity index (χ0) is 11.7. The Bertz CT molecular complexity index is 370. The summed E-state index contributed by atoms with van der Waals surface area (Å²) in [5.41, 5.74) is 0. The highest BCUT2D eigenvalue weighted by molar-refractivity contribution is 6.29. The average molecular weight is 256 g/mol. The van der Waals surface area contributed by atoms with E-state index in [1.807, 2.05) is 0 Å². The summed E-state index contributed by atoms with van der Waals surface area (Å²) < 4.78 is 65.9. The second-order valence-electron chi connectivity index (χ2n) is 2.31. The summed E-state index contributed by atoms with van der Waals surface area (Å²) in [4.78, 5) is 0. The number of hydrogen-bond acceptors (Lipinski definition) is 3. The lowest BCUT2D eigenvalue weighted by molar-refractivity contribution is -0.372. The molecule has 1 aromatic rings. The molecular weight excluding hydrogens is 250 g/mol. The lowest BCUT2D eigenvalue weighted by Gasteiger charge is -2.27. The predicted molar refractivity (Wildman–Crippen MR) is 45.4 cm³/mol. The highest BCUT2D eigenvalue weighted by Crippen LogP contribution is 2.28. The molecule has 0 aliphatic rings. The summed E-state index contributed by atoms with van der Waals surface area (Å²) in [5.74, 6) is -13.6. The van der Waals surface area contributed by atoms with E-state index in [0.29, 0.717) is 0 Å². The lowest BCUT2D eigenvalue weighted by atomic mass is 10.2. The Morgan fingerprint density at radius 3 is 1.29 bits per heavy atom. The first kappa shape index (κ1) is 17.8. The molecule has 0 aliphatic heterocycles. The van der Waals surface area contributed by atoms with Crippen molar-refractivity contribution in [2.24, 2.45) is 0 Å². The third kappa shape index (κ3) is 3.17. The first-order valence-corrected chi connectivity index (χ1v) is 3.36. The first-order chi connectivity index (χ1) is 6.86. The van der Waals surface area contributed by atoms with E-state index in [4.69, 9.17) is 0 Å². The van der Waals surface area contributed by atoms with E-state index in [9.17, 15) is 32.0 Å². The van der Waals surface area contributed by atoms with Crippen LogP contribution in [-0.2, 0) is 0 Å². The summed E-state index contributed by atoms with van der Waals surface area (Å²) in [6, 6.07) is 0. The van der Waals surface area contributed by atoms with E-state index < -0.39 is 42.2 Å². The van der Waals surface area contributed by atoms with Gasteiger partial charge in [0, 0.05) is 14.9 Å². The monoisotopic (exact) mass is 256 g/mol. The average Bonchev–Trinajstić information content (AvgIpc) is 2.18. The van der Waals surface area contributed by atoms with Crippen molar-refractivity contribution in [1.82, 2.24) is 0 Å². The molecule has 94 valence electrons. The van der Waals surface area contributed by atoms with Gasteiger partial charge in [-0.1, -0.05) is 0 Å². The van der Waals surface area contributed by atoms with E-state index in [2.05, 4.69) is 4.65 Å². The fraction of sp³-hybridized carbons (Fsp3) is 0. The van der Waals surface area contributed by atoms with Crippen LogP contribution in [0.5, 0.6) is 5.75 Å². The van der Waals surface area contributed by atoms with Gasteiger partial charge < -0.3 is 14.7 Å². The SMILES string of the molecule is [CH3+].[CH3+].[O-]B([O-])Oc1c(F)c(F)c(F)c(F)c1F. The third-order valence-corrected chi connectivity index (χ3v) is 1.38. The van der Waals surface area contributed by atoms with Gasteiger partial charge in [-0.2, -0.15) is 8.78 Å². The van der Waals surface area contributed by atoms with E-state index in [-0.39, 0.29) is 14.9 Å².